The number of ether oxygens (including phenoxy) is 1. The number of aliphatic hydroxyl groups excluding tert-OH is 4. The van der Waals surface area contributed by atoms with Crippen LogP contribution in [0.3, 0.4) is 0 Å². The molecule has 0 bridgehead atoms. The third-order valence-electron chi connectivity index (χ3n) is 1.71. The lowest BCUT2D eigenvalue weighted by Gasteiger charge is -2.23. The first kappa shape index (κ1) is 16.5. The summed E-state index contributed by atoms with van der Waals surface area (Å²) >= 11 is 0. The van der Waals surface area contributed by atoms with Crippen LogP contribution in [0.15, 0.2) is 12.7 Å². The first-order valence-electron chi connectivity index (χ1n) is 4.19. The number of esters is 1. The van der Waals surface area contributed by atoms with Crippen molar-refractivity contribution < 1.29 is 30.0 Å². The Bertz CT molecular complexity index is 158. The molecule has 0 heterocycles. The predicted octanol–water partition coefficient (Wildman–Crippen LogP) is -1.71. The highest BCUT2D eigenvalue weighted by molar-refractivity contribution is 5.80. The number of rotatable bonds is 5. The first-order valence-corrected chi connectivity index (χ1v) is 4.19. The number of carbonyl (C=O) groups excluding carboxylic acids is 1. The monoisotopic (exact) mass is 222 g/mol. The fraction of sp³-hybridized carbons (Fsp3) is 0.667. The normalized spacial score (nSPS) is 9.93. The van der Waals surface area contributed by atoms with Crippen LogP contribution in [0.2, 0.25) is 0 Å². The molecule has 0 rings (SSSR count). The molecule has 0 aromatic heterocycles. The second kappa shape index (κ2) is 9.60. The fourth-order valence-corrected chi connectivity index (χ4v) is 0.383. The molecule has 0 atom stereocenters. The number of aliphatic hydroxyl groups is 4. The lowest BCUT2D eigenvalue weighted by molar-refractivity contribution is -0.134. The Morgan fingerprint density at radius 3 is 1.53 bits per heavy atom. The summed E-state index contributed by atoms with van der Waals surface area (Å²) in [6.07, 6.45) is 1.11. The van der Waals surface area contributed by atoms with Crippen molar-refractivity contribution in [3.05, 3.63) is 12.7 Å². The Morgan fingerprint density at radius 2 is 1.53 bits per heavy atom. The summed E-state index contributed by atoms with van der Waals surface area (Å²) in [7, 11) is 1.31. The zero-order valence-corrected chi connectivity index (χ0v) is 8.72. The van der Waals surface area contributed by atoms with Crippen molar-refractivity contribution in [3.63, 3.8) is 0 Å². The second-order valence-electron chi connectivity index (χ2n) is 2.86. The van der Waals surface area contributed by atoms with E-state index in [0.717, 1.165) is 6.08 Å². The molecular weight excluding hydrogens is 204 g/mol. The van der Waals surface area contributed by atoms with Gasteiger partial charge in [-0.3, -0.25) is 0 Å². The van der Waals surface area contributed by atoms with E-state index in [-0.39, 0.29) is 0 Å². The van der Waals surface area contributed by atoms with E-state index in [1.807, 2.05) is 0 Å². The van der Waals surface area contributed by atoms with Crippen LogP contribution in [-0.2, 0) is 9.53 Å². The highest BCUT2D eigenvalue weighted by Gasteiger charge is 2.26. The summed E-state index contributed by atoms with van der Waals surface area (Å²) in [6.45, 7) is 1.53. The molecule has 6 nitrogen and oxygen atoms in total. The molecule has 0 unspecified atom stereocenters. The van der Waals surface area contributed by atoms with Crippen molar-refractivity contribution in [2.45, 2.75) is 0 Å². The molecule has 6 heteroatoms. The van der Waals surface area contributed by atoms with Gasteiger partial charge in [0, 0.05) is 6.08 Å². The lowest BCUT2D eigenvalue weighted by atomic mass is 9.93. The van der Waals surface area contributed by atoms with Crippen LogP contribution in [0.1, 0.15) is 0 Å². The van der Waals surface area contributed by atoms with E-state index in [1.165, 1.54) is 7.11 Å². The summed E-state index contributed by atoms with van der Waals surface area (Å²) in [5.41, 5.74) is -1.11. The van der Waals surface area contributed by atoms with Gasteiger partial charge in [0.2, 0.25) is 0 Å². The van der Waals surface area contributed by atoms with Gasteiger partial charge in [-0.25, -0.2) is 4.79 Å². The molecule has 0 fully saturated rings. The molecule has 0 aliphatic rings. The number of hydrogen-bond donors (Lipinski definition) is 4. The average Bonchev–Trinajstić information content (AvgIpc) is 2.32. The Labute approximate surface area is 88.4 Å². The second-order valence-corrected chi connectivity index (χ2v) is 2.86. The third kappa shape index (κ3) is 7.03. The van der Waals surface area contributed by atoms with Crippen LogP contribution < -0.4 is 0 Å². The van der Waals surface area contributed by atoms with Crippen LogP contribution in [0, 0.1) is 5.41 Å². The van der Waals surface area contributed by atoms with Crippen LogP contribution >= 0.6 is 0 Å². The minimum Gasteiger partial charge on any atom is -0.466 e. The molecule has 0 aliphatic carbocycles. The van der Waals surface area contributed by atoms with E-state index >= 15 is 0 Å². The number of hydrogen-bond acceptors (Lipinski definition) is 6. The van der Waals surface area contributed by atoms with Gasteiger partial charge in [-0.1, -0.05) is 6.58 Å². The van der Waals surface area contributed by atoms with Crippen molar-refractivity contribution in [1.82, 2.24) is 0 Å². The maximum atomic E-state index is 9.84. The summed E-state index contributed by atoms with van der Waals surface area (Å²) in [5, 5.41) is 34.0. The molecule has 0 aliphatic heterocycles. The van der Waals surface area contributed by atoms with Crippen LogP contribution in [0.4, 0.5) is 0 Å². The zero-order valence-electron chi connectivity index (χ0n) is 8.72. The third-order valence-corrected chi connectivity index (χ3v) is 1.71. The van der Waals surface area contributed by atoms with Crippen molar-refractivity contribution >= 4 is 5.97 Å². The molecule has 0 radical (unpaired) electrons. The average molecular weight is 222 g/mol. The molecule has 90 valence electrons. The van der Waals surface area contributed by atoms with Crippen LogP contribution in [0.25, 0.3) is 0 Å². The molecule has 0 saturated heterocycles. The smallest absolute Gasteiger partial charge is 0.329 e. The summed E-state index contributed by atoms with van der Waals surface area (Å²) in [4.78, 5) is 9.84. The Balaban J connectivity index is 0. The SMILES string of the molecule is C=CC(=O)OC.OCC(CO)(CO)CO. The minimum absolute atomic E-state index is 0.394. The van der Waals surface area contributed by atoms with E-state index in [4.69, 9.17) is 20.4 Å². The minimum atomic E-state index is -1.11. The highest BCUT2D eigenvalue weighted by atomic mass is 16.5. The standard InChI is InChI=1S/C5H12O4.C4H6O2/c6-1-5(2-7,3-8)4-9;1-3-4(5)6-2/h6-9H,1-4H2;3H,1H2,2H3. The van der Waals surface area contributed by atoms with Crippen molar-refractivity contribution in [2.24, 2.45) is 5.41 Å². The summed E-state index contributed by atoms with van der Waals surface area (Å²) in [5.74, 6) is -0.394. The van der Waals surface area contributed by atoms with Crippen LogP contribution in [0.5, 0.6) is 0 Å². The highest BCUT2D eigenvalue weighted by Crippen LogP contribution is 2.11. The van der Waals surface area contributed by atoms with Gasteiger partial charge in [-0.05, 0) is 0 Å². The van der Waals surface area contributed by atoms with E-state index in [0.29, 0.717) is 0 Å². The van der Waals surface area contributed by atoms with Crippen LogP contribution in [-0.4, -0.2) is 59.9 Å². The Morgan fingerprint density at radius 1 is 1.20 bits per heavy atom. The van der Waals surface area contributed by atoms with Gasteiger partial charge >= 0.3 is 5.97 Å². The Hall–Kier alpha value is -0.950. The van der Waals surface area contributed by atoms with E-state index in [9.17, 15) is 4.79 Å². The molecular formula is C9H18O6. The number of methoxy groups -OCH3 is 1. The maximum Gasteiger partial charge on any atom is 0.329 e. The zero-order chi connectivity index (χ0) is 12.3. The topological polar surface area (TPSA) is 107 Å². The lowest BCUT2D eigenvalue weighted by Crippen LogP contribution is -2.37. The largest absolute Gasteiger partial charge is 0.466 e. The van der Waals surface area contributed by atoms with Gasteiger partial charge in [-0.15, -0.1) is 0 Å². The quantitative estimate of drug-likeness (QED) is 0.326. The van der Waals surface area contributed by atoms with Gasteiger partial charge in [0.1, 0.15) is 0 Å². The predicted molar refractivity (Wildman–Crippen MR) is 53.0 cm³/mol. The van der Waals surface area contributed by atoms with Crippen molar-refractivity contribution in [2.75, 3.05) is 33.5 Å². The molecule has 0 spiro atoms. The van der Waals surface area contributed by atoms with Gasteiger partial charge in [-0.2, -0.15) is 0 Å². The van der Waals surface area contributed by atoms with Gasteiger partial charge in [0.15, 0.2) is 0 Å². The molecule has 0 aromatic rings. The van der Waals surface area contributed by atoms with E-state index in [2.05, 4.69) is 11.3 Å². The maximum absolute atomic E-state index is 9.84. The van der Waals surface area contributed by atoms with Gasteiger partial charge < -0.3 is 25.2 Å². The van der Waals surface area contributed by atoms with Gasteiger partial charge in [0.25, 0.3) is 0 Å². The summed E-state index contributed by atoms with van der Waals surface area (Å²) in [6, 6.07) is 0. The molecule has 4 N–H and O–H groups in total. The van der Waals surface area contributed by atoms with Crippen molar-refractivity contribution in [1.29, 1.82) is 0 Å². The Kier molecular flexibility index (Phi) is 10.5. The molecule has 0 saturated carbocycles. The molecule has 15 heavy (non-hydrogen) atoms. The van der Waals surface area contributed by atoms with E-state index < -0.39 is 37.8 Å². The molecule has 0 amide bonds. The molecule has 0 aromatic carbocycles. The van der Waals surface area contributed by atoms with Gasteiger partial charge in [0.05, 0.1) is 39.0 Å². The fourth-order valence-electron chi connectivity index (χ4n) is 0.383. The number of carbonyl (C=O) groups is 1. The van der Waals surface area contributed by atoms with Crippen molar-refractivity contribution in [3.8, 4) is 0 Å². The summed E-state index contributed by atoms with van der Waals surface area (Å²) < 4.78 is 4.14. The first-order chi connectivity index (χ1) is 7.05. The van der Waals surface area contributed by atoms with E-state index in [1.54, 1.807) is 0 Å².